The number of piperidine rings is 2. The Morgan fingerprint density at radius 3 is 2.36 bits per heavy atom. The molecule has 0 bridgehead atoms. The van der Waals surface area contributed by atoms with Gasteiger partial charge in [-0.1, -0.05) is 37.3 Å². The number of fused-ring (bicyclic) bond motifs is 1. The highest BCUT2D eigenvalue weighted by Crippen LogP contribution is 2.28. The highest BCUT2D eigenvalue weighted by atomic mass is 16.6. The number of carbonyl (C=O) groups excluding carboxylic acids is 3. The van der Waals surface area contributed by atoms with Crippen LogP contribution in [0.3, 0.4) is 0 Å². The summed E-state index contributed by atoms with van der Waals surface area (Å²) in [4.78, 5) is 48.6. The molecule has 0 saturated carbocycles. The van der Waals surface area contributed by atoms with Crippen molar-refractivity contribution in [2.24, 2.45) is 0 Å². The number of morpholine rings is 1. The Balaban J connectivity index is 1.10. The first-order chi connectivity index (χ1) is 22.8. The largest absolute Gasteiger partial charge is 0.507 e. The van der Waals surface area contributed by atoms with Crippen LogP contribution in [0.5, 0.6) is 5.75 Å². The van der Waals surface area contributed by atoms with E-state index in [1.54, 1.807) is 4.90 Å². The molecule has 0 spiro atoms. The van der Waals surface area contributed by atoms with Crippen LogP contribution >= 0.6 is 0 Å². The second-order valence-electron chi connectivity index (χ2n) is 13.3. The summed E-state index contributed by atoms with van der Waals surface area (Å²) in [6.07, 6.45) is 3.26. The van der Waals surface area contributed by atoms with E-state index in [2.05, 4.69) is 10.2 Å². The zero-order valence-corrected chi connectivity index (χ0v) is 27.8. The molecule has 254 valence electrons. The van der Waals surface area contributed by atoms with E-state index in [4.69, 9.17) is 9.47 Å². The van der Waals surface area contributed by atoms with Crippen LogP contribution in [0.25, 0.3) is 0 Å². The molecule has 2 N–H and O–H groups in total. The van der Waals surface area contributed by atoms with Crippen molar-refractivity contribution in [1.82, 2.24) is 19.6 Å². The van der Waals surface area contributed by atoms with Crippen molar-refractivity contribution in [3.05, 3.63) is 58.7 Å². The minimum absolute atomic E-state index is 0.0194. The fourth-order valence-electron chi connectivity index (χ4n) is 7.61. The summed E-state index contributed by atoms with van der Waals surface area (Å²) in [5.41, 5.74) is 4.40. The third kappa shape index (κ3) is 7.67. The molecule has 3 fully saturated rings. The number of phenolic OH excluding ortho intramolecular Hbond substituents is 1. The number of amides is 4. The minimum atomic E-state index is -0.969. The molecule has 0 unspecified atom stereocenters. The number of phenols is 1. The average Bonchev–Trinajstić information content (AvgIpc) is 3.27. The molecule has 11 heteroatoms. The Kier molecular flexibility index (Phi) is 10.5. The van der Waals surface area contributed by atoms with E-state index in [1.165, 1.54) is 0 Å². The number of hydrogen-bond acceptors (Lipinski definition) is 7. The van der Waals surface area contributed by atoms with Crippen LogP contribution in [0, 0.1) is 6.92 Å². The van der Waals surface area contributed by atoms with Gasteiger partial charge in [-0.2, -0.15) is 0 Å². The smallest absolute Gasteiger partial charge is 0.410 e. The van der Waals surface area contributed by atoms with Crippen molar-refractivity contribution >= 4 is 23.7 Å². The molecule has 4 aliphatic rings. The molecule has 11 nitrogen and oxygen atoms in total. The van der Waals surface area contributed by atoms with E-state index in [-0.39, 0.29) is 30.2 Å². The molecule has 3 saturated heterocycles. The Morgan fingerprint density at radius 1 is 0.957 bits per heavy atom. The fourth-order valence-corrected chi connectivity index (χ4v) is 7.61. The Labute approximate surface area is 277 Å². The molecule has 0 aromatic heterocycles. The molecular weight excluding hydrogens is 598 g/mol. The summed E-state index contributed by atoms with van der Waals surface area (Å²) in [6, 6.07) is 12.0. The number of likely N-dealkylation sites (tertiary alicyclic amines) is 2. The molecule has 4 amide bonds. The van der Waals surface area contributed by atoms with Gasteiger partial charge in [0.25, 0.3) is 5.91 Å². The lowest BCUT2D eigenvalue weighted by atomic mass is 9.97. The van der Waals surface area contributed by atoms with Crippen molar-refractivity contribution < 1.29 is 29.0 Å². The number of anilines is 1. The van der Waals surface area contributed by atoms with E-state index in [9.17, 15) is 19.5 Å². The number of rotatable bonds is 7. The van der Waals surface area contributed by atoms with Gasteiger partial charge < -0.3 is 34.6 Å². The molecule has 4 heterocycles. The fraction of sp³-hybridized carbons (Fsp3) is 0.583. The van der Waals surface area contributed by atoms with Crippen molar-refractivity contribution in [3.8, 4) is 5.75 Å². The highest BCUT2D eigenvalue weighted by Gasteiger charge is 2.36. The third-order valence-corrected chi connectivity index (χ3v) is 10.4. The van der Waals surface area contributed by atoms with E-state index in [1.807, 2.05) is 60.0 Å². The summed E-state index contributed by atoms with van der Waals surface area (Å²) in [5, 5.41) is 13.6. The number of ether oxygens (including phenoxy) is 2. The van der Waals surface area contributed by atoms with Gasteiger partial charge in [-0.25, -0.2) is 9.59 Å². The Morgan fingerprint density at radius 2 is 1.64 bits per heavy atom. The van der Waals surface area contributed by atoms with E-state index < -0.39 is 12.2 Å². The van der Waals surface area contributed by atoms with Crippen LogP contribution in [-0.4, -0.2) is 120 Å². The van der Waals surface area contributed by atoms with Crippen LogP contribution < -0.4 is 5.32 Å². The Hall–Kier alpha value is -3.83. The molecule has 4 aliphatic heterocycles. The number of aromatic hydroxyl groups is 1. The maximum atomic E-state index is 14.0. The van der Waals surface area contributed by atoms with Gasteiger partial charge in [0.15, 0.2) is 6.10 Å². The second kappa shape index (κ2) is 14.9. The minimum Gasteiger partial charge on any atom is -0.507 e. The number of nitrogens with zero attached hydrogens (tertiary/aromatic N) is 4. The monoisotopic (exact) mass is 647 g/mol. The van der Waals surface area contributed by atoms with E-state index in [0.29, 0.717) is 58.0 Å². The molecule has 1 atom stereocenters. The van der Waals surface area contributed by atoms with Gasteiger partial charge in [0.05, 0.1) is 13.2 Å². The number of nitrogens with one attached hydrogen (secondary N) is 1. The van der Waals surface area contributed by atoms with Crippen LogP contribution in [-0.2, 0) is 33.5 Å². The molecule has 47 heavy (non-hydrogen) atoms. The van der Waals surface area contributed by atoms with Crippen LogP contribution in [0.4, 0.5) is 15.3 Å². The molecule has 2 aromatic carbocycles. The lowest BCUT2D eigenvalue weighted by molar-refractivity contribution is -0.142. The van der Waals surface area contributed by atoms with E-state index in [0.717, 1.165) is 73.5 Å². The van der Waals surface area contributed by atoms with Crippen molar-refractivity contribution in [2.45, 2.75) is 77.0 Å². The molecule has 2 aromatic rings. The summed E-state index contributed by atoms with van der Waals surface area (Å²) >= 11 is 0. The summed E-state index contributed by atoms with van der Waals surface area (Å²) in [6.45, 7) is 9.95. The van der Waals surface area contributed by atoms with Gasteiger partial charge in [-0.05, 0) is 73.8 Å². The maximum Gasteiger partial charge on any atom is 0.410 e. The van der Waals surface area contributed by atoms with Gasteiger partial charge in [0.1, 0.15) is 5.75 Å². The van der Waals surface area contributed by atoms with Crippen LogP contribution in [0.15, 0.2) is 36.4 Å². The average molecular weight is 648 g/mol. The van der Waals surface area contributed by atoms with Gasteiger partial charge in [-0.15, -0.1) is 0 Å². The topological polar surface area (TPSA) is 115 Å². The number of hydrogen-bond donors (Lipinski definition) is 2. The van der Waals surface area contributed by atoms with E-state index >= 15 is 0 Å². The lowest BCUT2D eigenvalue weighted by Crippen LogP contribution is -2.53. The standard InChI is InChI=1S/C36H49N5O6/c1-3-27-23-26(22-25(2)33(27)42)24-32(34(43)39-13-9-29(10-14-39)38-18-20-46-21-19-38)47-36(45)40-15-11-30(12-16-40)41-17-8-28-6-4-5-7-31(28)37-35(41)44/h4-7,22-23,29-30,32,42H,3,8-21,24H2,1-2H3,(H,37,44)/t32-/m1/s1. The molecular formula is C36H49N5O6. The summed E-state index contributed by atoms with van der Waals surface area (Å²) < 4.78 is 11.6. The number of benzene rings is 2. The van der Waals surface area contributed by atoms with Gasteiger partial charge in [-0.3, -0.25) is 9.69 Å². The molecule has 0 aliphatic carbocycles. The maximum absolute atomic E-state index is 14.0. The number of urea groups is 1. The van der Waals surface area contributed by atoms with Crippen molar-refractivity contribution in [3.63, 3.8) is 0 Å². The third-order valence-electron chi connectivity index (χ3n) is 10.4. The molecule has 6 rings (SSSR count). The normalized spacial score (nSPS) is 20.7. The Bertz CT molecular complexity index is 1430. The first kappa shape index (κ1) is 33.1. The highest BCUT2D eigenvalue weighted by molar-refractivity contribution is 5.91. The quantitative estimate of drug-likeness (QED) is 0.463. The number of aryl methyl sites for hydroxylation is 2. The lowest BCUT2D eigenvalue weighted by Gasteiger charge is -2.41. The van der Waals surface area contributed by atoms with Crippen LogP contribution in [0.1, 0.15) is 54.9 Å². The van der Waals surface area contributed by atoms with Gasteiger partial charge in [0.2, 0.25) is 0 Å². The van der Waals surface area contributed by atoms with Crippen molar-refractivity contribution in [1.29, 1.82) is 0 Å². The zero-order valence-electron chi connectivity index (χ0n) is 27.8. The predicted molar refractivity (Wildman–Crippen MR) is 179 cm³/mol. The molecule has 0 radical (unpaired) electrons. The predicted octanol–water partition coefficient (Wildman–Crippen LogP) is 4.19. The van der Waals surface area contributed by atoms with Gasteiger partial charge >= 0.3 is 12.1 Å². The SMILES string of the molecule is CCc1cc(C[C@@H](OC(=O)N2CCC(N3CCc4ccccc4NC3=O)CC2)C(=O)N2CCC(N3CCOCC3)CC2)cc(C)c1O. The second-order valence-corrected chi connectivity index (χ2v) is 13.3. The number of para-hydroxylation sites is 1. The number of carbonyl (C=O) groups is 3. The van der Waals surface area contributed by atoms with Crippen LogP contribution in [0.2, 0.25) is 0 Å². The van der Waals surface area contributed by atoms with Gasteiger partial charge in [0, 0.05) is 70.0 Å². The zero-order chi connectivity index (χ0) is 32.9. The first-order valence-electron chi connectivity index (χ1n) is 17.3. The van der Waals surface area contributed by atoms with Crippen molar-refractivity contribution in [2.75, 3.05) is 64.3 Å². The summed E-state index contributed by atoms with van der Waals surface area (Å²) in [5.74, 6) is 0.101. The first-order valence-corrected chi connectivity index (χ1v) is 17.3. The summed E-state index contributed by atoms with van der Waals surface area (Å²) in [7, 11) is 0.